The first-order valence-electron chi connectivity index (χ1n) is 5.06. The summed E-state index contributed by atoms with van der Waals surface area (Å²) in [5.41, 5.74) is 0. The maximum Gasteiger partial charge on any atom is 0.334 e. The Kier molecular flexibility index (Phi) is 11.2. The van der Waals surface area contributed by atoms with Crippen molar-refractivity contribution in [3.8, 4) is 0 Å². The zero-order valence-corrected chi connectivity index (χ0v) is 10.1. The van der Waals surface area contributed by atoms with E-state index in [0.29, 0.717) is 13.2 Å². The number of hydrogen-bond donors (Lipinski definition) is 2. The van der Waals surface area contributed by atoms with Gasteiger partial charge in [0.15, 0.2) is 0 Å². The van der Waals surface area contributed by atoms with E-state index in [0.717, 1.165) is 0 Å². The maximum atomic E-state index is 10.3. The van der Waals surface area contributed by atoms with Crippen LogP contribution < -0.4 is 0 Å². The van der Waals surface area contributed by atoms with Crippen LogP contribution in [0, 0.1) is 0 Å². The van der Waals surface area contributed by atoms with Gasteiger partial charge in [0.1, 0.15) is 12.2 Å². The summed E-state index contributed by atoms with van der Waals surface area (Å²) >= 11 is 0. The second-order valence-electron chi connectivity index (χ2n) is 2.86. The van der Waals surface area contributed by atoms with Crippen LogP contribution in [0.5, 0.6) is 0 Å². The molecule has 6 nitrogen and oxygen atoms in total. The van der Waals surface area contributed by atoms with Crippen LogP contribution >= 0.6 is 0 Å². The first-order chi connectivity index (χ1) is 7.36. The third-order valence-electron chi connectivity index (χ3n) is 1.26. The molecule has 0 aliphatic rings. The Morgan fingerprint density at radius 1 is 0.938 bits per heavy atom. The van der Waals surface area contributed by atoms with Crippen molar-refractivity contribution in [2.45, 2.75) is 39.9 Å². The molecule has 2 N–H and O–H groups in total. The molecule has 0 fully saturated rings. The predicted molar refractivity (Wildman–Crippen MR) is 56.6 cm³/mol. The fraction of sp³-hybridized carbons (Fsp3) is 0.800. The van der Waals surface area contributed by atoms with Gasteiger partial charge in [-0.05, 0) is 27.7 Å². The Bertz CT molecular complexity index is 177. The number of esters is 2. The van der Waals surface area contributed by atoms with E-state index in [4.69, 9.17) is 10.2 Å². The molecule has 0 aromatic heterocycles. The molecule has 0 amide bonds. The molecule has 96 valence electrons. The van der Waals surface area contributed by atoms with Crippen LogP contribution in [-0.4, -0.2) is 47.6 Å². The van der Waals surface area contributed by atoms with Gasteiger partial charge in [0, 0.05) is 0 Å². The number of hydrogen-bond acceptors (Lipinski definition) is 6. The van der Waals surface area contributed by atoms with Crippen LogP contribution in [0.4, 0.5) is 0 Å². The Morgan fingerprint density at radius 2 is 1.19 bits per heavy atom. The zero-order valence-electron chi connectivity index (χ0n) is 10.1. The van der Waals surface area contributed by atoms with E-state index in [-0.39, 0.29) is 0 Å². The van der Waals surface area contributed by atoms with Crippen molar-refractivity contribution in [2.75, 3.05) is 13.2 Å². The standard InChI is InChI=1S/2C5H10O3/c2*1-3-8-5(7)4(2)6/h2*4,6H,3H2,1-2H3. The van der Waals surface area contributed by atoms with Gasteiger partial charge in [-0.1, -0.05) is 0 Å². The summed E-state index contributed by atoms with van der Waals surface area (Å²) in [4.78, 5) is 20.5. The summed E-state index contributed by atoms with van der Waals surface area (Å²) in [7, 11) is 0. The molecule has 0 saturated heterocycles. The molecule has 0 radical (unpaired) electrons. The summed E-state index contributed by atoms with van der Waals surface area (Å²) < 4.78 is 8.83. The first-order valence-corrected chi connectivity index (χ1v) is 5.06. The van der Waals surface area contributed by atoms with Crippen molar-refractivity contribution in [2.24, 2.45) is 0 Å². The van der Waals surface area contributed by atoms with Crippen molar-refractivity contribution < 1.29 is 29.3 Å². The second-order valence-corrected chi connectivity index (χ2v) is 2.86. The molecule has 2 unspecified atom stereocenters. The zero-order chi connectivity index (χ0) is 13.1. The van der Waals surface area contributed by atoms with Gasteiger partial charge >= 0.3 is 11.9 Å². The van der Waals surface area contributed by atoms with Crippen molar-refractivity contribution in [1.82, 2.24) is 0 Å². The van der Waals surface area contributed by atoms with Crippen LogP contribution in [0.15, 0.2) is 0 Å². The fourth-order valence-corrected chi connectivity index (χ4v) is 0.526. The molecule has 2 atom stereocenters. The Balaban J connectivity index is 0. The topological polar surface area (TPSA) is 93.1 Å². The van der Waals surface area contributed by atoms with Crippen LogP contribution in [0.25, 0.3) is 0 Å². The van der Waals surface area contributed by atoms with Gasteiger partial charge in [-0.25, -0.2) is 9.59 Å². The Hall–Kier alpha value is -1.14. The molecule has 0 heterocycles. The van der Waals surface area contributed by atoms with E-state index < -0.39 is 24.1 Å². The lowest BCUT2D eigenvalue weighted by molar-refractivity contribution is -0.152. The molecular formula is C10H20O6. The van der Waals surface area contributed by atoms with Crippen LogP contribution in [0.2, 0.25) is 0 Å². The highest BCUT2D eigenvalue weighted by Crippen LogP contribution is 1.84. The quantitative estimate of drug-likeness (QED) is 0.660. The average Bonchev–Trinajstić information content (AvgIpc) is 2.19. The number of aliphatic hydroxyl groups excluding tert-OH is 2. The van der Waals surface area contributed by atoms with Gasteiger partial charge in [-0.3, -0.25) is 0 Å². The highest BCUT2D eigenvalue weighted by atomic mass is 16.5. The molecule has 0 saturated carbocycles. The Morgan fingerprint density at radius 3 is 1.25 bits per heavy atom. The van der Waals surface area contributed by atoms with Gasteiger partial charge in [-0.2, -0.15) is 0 Å². The van der Waals surface area contributed by atoms with Crippen LogP contribution in [-0.2, 0) is 19.1 Å². The highest BCUT2D eigenvalue weighted by molar-refractivity contribution is 5.74. The van der Waals surface area contributed by atoms with Gasteiger partial charge in [0.25, 0.3) is 0 Å². The predicted octanol–water partition coefficient (Wildman–Crippen LogP) is -0.139. The maximum absolute atomic E-state index is 10.3. The summed E-state index contributed by atoms with van der Waals surface area (Å²) in [6.45, 7) is 6.78. The number of rotatable bonds is 4. The fourth-order valence-electron chi connectivity index (χ4n) is 0.526. The number of carbonyl (C=O) groups excluding carboxylic acids is 2. The number of aliphatic hydroxyl groups is 2. The third kappa shape index (κ3) is 10.9. The first kappa shape index (κ1) is 17.3. The molecular weight excluding hydrogens is 216 g/mol. The van der Waals surface area contributed by atoms with Crippen molar-refractivity contribution in [3.63, 3.8) is 0 Å². The minimum Gasteiger partial charge on any atom is -0.464 e. The number of ether oxygens (including phenoxy) is 2. The van der Waals surface area contributed by atoms with E-state index in [2.05, 4.69) is 9.47 Å². The van der Waals surface area contributed by atoms with Gasteiger partial charge in [0.05, 0.1) is 13.2 Å². The minimum atomic E-state index is -0.991. The Labute approximate surface area is 95.2 Å². The van der Waals surface area contributed by atoms with E-state index in [1.54, 1.807) is 13.8 Å². The summed E-state index contributed by atoms with van der Waals surface area (Å²) in [5.74, 6) is -1.12. The molecule has 0 rings (SSSR count). The molecule has 0 aromatic carbocycles. The van der Waals surface area contributed by atoms with E-state index in [9.17, 15) is 9.59 Å². The molecule has 0 aromatic rings. The molecule has 6 heteroatoms. The summed E-state index contributed by atoms with van der Waals surface area (Å²) in [6.07, 6.45) is -1.98. The van der Waals surface area contributed by atoms with Gasteiger partial charge in [0.2, 0.25) is 0 Å². The lowest BCUT2D eigenvalue weighted by atomic mass is 10.4. The number of carbonyl (C=O) groups is 2. The summed E-state index contributed by atoms with van der Waals surface area (Å²) in [6, 6.07) is 0. The molecule has 0 spiro atoms. The van der Waals surface area contributed by atoms with Gasteiger partial charge < -0.3 is 19.7 Å². The lowest BCUT2D eigenvalue weighted by Gasteiger charge is -2.01. The van der Waals surface area contributed by atoms with E-state index in [1.807, 2.05) is 0 Å². The SMILES string of the molecule is CCOC(=O)C(C)O.CCOC(=O)C(C)O. The molecule has 0 bridgehead atoms. The largest absolute Gasteiger partial charge is 0.464 e. The second kappa shape index (κ2) is 10.4. The van der Waals surface area contributed by atoms with Crippen LogP contribution in [0.3, 0.4) is 0 Å². The normalized spacial score (nSPS) is 12.9. The minimum absolute atomic E-state index is 0.323. The lowest BCUT2D eigenvalue weighted by Crippen LogP contribution is -2.18. The highest BCUT2D eigenvalue weighted by Gasteiger charge is 2.07. The van der Waals surface area contributed by atoms with Crippen molar-refractivity contribution in [3.05, 3.63) is 0 Å². The smallest absolute Gasteiger partial charge is 0.334 e. The van der Waals surface area contributed by atoms with Gasteiger partial charge in [-0.15, -0.1) is 0 Å². The molecule has 16 heavy (non-hydrogen) atoms. The van der Waals surface area contributed by atoms with E-state index in [1.165, 1.54) is 13.8 Å². The van der Waals surface area contributed by atoms with Crippen molar-refractivity contribution in [1.29, 1.82) is 0 Å². The third-order valence-corrected chi connectivity index (χ3v) is 1.26. The van der Waals surface area contributed by atoms with Crippen LogP contribution in [0.1, 0.15) is 27.7 Å². The monoisotopic (exact) mass is 236 g/mol. The molecule has 0 aliphatic heterocycles. The van der Waals surface area contributed by atoms with Crippen molar-refractivity contribution >= 4 is 11.9 Å². The average molecular weight is 236 g/mol. The molecule has 0 aliphatic carbocycles. The van der Waals surface area contributed by atoms with E-state index >= 15 is 0 Å². The summed E-state index contributed by atoms with van der Waals surface area (Å²) in [5, 5.41) is 17.0.